The standard InChI is InChI=1S/C10H7Cl2N3O/c11-6-1-3-7(4-2-6)15-9(16)5-8(13)10(12)14-15/h1-5H,13H2. The van der Waals surface area contributed by atoms with Crippen LogP contribution in [0, 0.1) is 0 Å². The van der Waals surface area contributed by atoms with Crippen LogP contribution in [0.1, 0.15) is 0 Å². The molecule has 1 heterocycles. The fourth-order valence-electron chi connectivity index (χ4n) is 1.22. The Hall–Kier alpha value is -1.52. The summed E-state index contributed by atoms with van der Waals surface area (Å²) >= 11 is 11.5. The molecule has 6 heteroatoms. The van der Waals surface area contributed by atoms with E-state index in [0.717, 1.165) is 4.68 Å². The highest BCUT2D eigenvalue weighted by Crippen LogP contribution is 2.15. The highest BCUT2D eigenvalue weighted by atomic mass is 35.5. The molecule has 0 aliphatic rings. The summed E-state index contributed by atoms with van der Waals surface area (Å²) in [6.45, 7) is 0. The zero-order valence-corrected chi connectivity index (χ0v) is 9.53. The molecular formula is C10H7Cl2N3O. The number of benzene rings is 1. The van der Waals surface area contributed by atoms with Crippen LogP contribution in [0.15, 0.2) is 35.1 Å². The van der Waals surface area contributed by atoms with Gasteiger partial charge >= 0.3 is 0 Å². The van der Waals surface area contributed by atoms with E-state index < -0.39 is 0 Å². The topological polar surface area (TPSA) is 60.9 Å². The molecule has 0 aliphatic heterocycles. The van der Waals surface area contributed by atoms with Crippen molar-refractivity contribution < 1.29 is 0 Å². The van der Waals surface area contributed by atoms with Crippen LogP contribution in [0.5, 0.6) is 0 Å². The summed E-state index contributed by atoms with van der Waals surface area (Å²) in [5.41, 5.74) is 5.86. The fraction of sp³-hybridized carbons (Fsp3) is 0. The van der Waals surface area contributed by atoms with Gasteiger partial charge in [0, 0.05) is 11.1 Å². The maximum atomic E-state index is 11.6. The van der Waals surface area contributed by atoms with Crippen LogP contribution >= 0.6 is 23.2 Å². The van der Waals surface area contributed by atoms with E-state index in [4.69, 9.17) is 28.9 Å². The molecule has 2 aromatic rings. The number of aromatic nitrogens is 2. The van der Waals surface area contributed by atoms with Crippen molar-refractivity contribution in [2.24, 2.45) is 0 Å². The van der Waals surface area contributed by atoms with Crippen LogP contribution in [0.4, 0.5) is 5.69 Å². The molecule has 2 rings (SSSR count). The summed E-state index contributed by atoms with van der Waals surface area (Å²) in [6, 6.07) is 7.89. The van der Waals surface area contributed by atoms with E-state index in [0.29, 0.717) is 10.7 Å². The number of nitrogens with zero attached hydrogens (tertiary/aromatic N) is 2. The molecule has 0 saturated carbocycles. The Labute approximate surface area is 101 Å². The third-order valence-corrected chi connectivity index (χ3v) is 2.53. The molecule has 0 saturated heterocycles. The molecule has 0 fully saturated rings. The fourth-order valence-corrected chi connectivity index (χ4v) is 1.47. The van der Waals surface area contributed by atoms with Crippen molar-refractivity contribution in [1.29, 1.82) is 0 Å². The summed E-state index contributed by atoms with van der Waals surface area (Å²) in [5.74, 6) is 0. The molecule has 1 aromatic carbocycles. The van der Waals surface area contributed by atoms with E-state index in [9.17, 15) is 4.79 Å². The van der Waals surface area contributed by atoms with Gasteiger partial charge in [0.1, 0.15) is 0 Å². The summed E-state index contributed by atoms with van der Waals surface area (Å²) in [6.07, 6.45) is 0. The van der Waals surface area contributed by atoms with Crippen LogP contribution in [-0.2, 0) is 0 Å². The van der Waals surface area contributed by atoms with Gasteiger partial charge < -0.3 is 5.73 Å². The molecule has 0 aliphatic carbocycles. The first-order chi connectivity index (χ1) is 7.58. The first-order valence-electron chi connectivity index (χ1n) is 4.39. The zero-order valence-electron chi connectivity index (χ0n) is 8.02. The van der Waals surface area contributed by atoms with Crippen LogP contribution in [0.2, 0.25) is 10.2 Å². The van der Waals surface area contributed by atoms with Crippen molar-refractivity contribution in [2.45, 2.75) is 0 Å². The maximum absolute atomic E-state index is 11.6. The Morgan fingerprint density at radius 3 is 2.44 bits per heavy atom. The Bertz CT molecular complexity index is 578. The summed E-state index contributed by atoms with van der Waals surface area (Å²) in [7, 11) is 0. The lowest BCUT2D eigenvalue weighted by Crippen LogP contribution is -2.21. The minimum Gasteiger partial charge on any atom is -0.396 e. The number of anilines is 1. The van der Waals surface area contributed by atoms with Gasteiger partial charge in [-0.05, 0) is 24.3 Å². The van der Waals surface area contributed by atoms with E-state index in [2.05, 4.69) is 5.10 Å². The molecule has 0 radical (unpaired) electrons. The van der Waals surface area contributed by atoms with E-state index in [1.54, 1.807) is 24.3 Å². The van der Waals surface area contributed by atoms with Gasteiger partial charge in [0.15, 0.2) is 5.15 Å². The van der Waals surface area contributed by atoms with E-state index >= 15 is 0 Å². The summed E-state index contributed by atoms with van der Waals surface area (Å²) < 4.78 is 1.16. The molecule has 0 bridgehead atoms. The first-order valence-corrected chi connectivity index (χ1v) is 5.15. The number of nitrogens with two attached hydrogens (primary N) is 1. The minimum absolute atomic E-state index is 0.0922. The number of nitrogen functional groups attached to an aromatic ring is 1. The highest BCUT2D eigenvalue weighted by Gasteiger charge is 2.05. The molecule has 0 unspecified atom stereocenters. The van der Waals surface area contributed by atoms with Gasteiger partial charge in [-0.1, -0.05) is 23.2 Å². The van der Waals surface area contributed by atoms with E-state index in [-0.39, 0.29) is 16.4 Å². The van der Waals surface area contributed by atoms with Crippen LogP contribution in [-0.4, -0.2) is 9.78 Å². The maximum Gasteiger partial charge on any atom is 0.273 e. The molecule has 0 amide bonds. The molecule has 16 heavy (non-hydrogen) atoms. The second-order valence-electron chi connectivity index (χ2n) is 3.12. The van der Waals surface area contributed by atoms with Gasteiger partial charge in [0.25, 0.3) is 5.56 Å². The number of rotatable bonds is 1. The lowest BCUT2D eigenvalue weighted by molar-refractivity contribution is 0.810. The van der Waals surface area contributed by atoms with E-state index in [1.807, 2.05) is 0 Å². The monoisotopic (exact) mass is 255 g/mol. The Kier molecular flexibility index (Phi) is 2.85. The average molecular weight is 256 g/mol. The van der Waals surface area contributed by atoms with Crippen molar-refractivity contribution in [2.75, 3.05) is 5.73 Å². The van der Waals surface area contributed by atoms with Gasteiger partial charge in [-0.15, -0.1) is 0 Å². The summed E-state index contributed by atoms with van der Waals surface area (Å²) in [4.78, 5) is 11.6. The molecule has 82 valence electrons. The van der Waals surface area contributed by atoms with Crippen molar-refractivity contribution in [3.8, 4) is 5.69 Å². The Morgan fingerprint density at radius 1 is 1.19 bits per heavy atom. The van der Waals surface area contributed by atoms with Gasteiger partial charge in [-0.3, -0.25) is 4.79 Å². The van der Waals surface area contributed by atoms with Gasteiger partial charge in [0.05, 0.1) is 11.4 Å². The van der Waals surface area contributed by atoms with Gasteiger partial charge in [-0.25, -0.2) is 0 Å². The quantitative estimate of drug-likeness (QED) is 0.850. The molecule has 0 atom stereocenters. The second kappa shape index (κ2) is 4.15. The average Bonchev–Trinajstić information content (AvgIpc) is 2.25. The lowest BCUT2D eigenvalue weighted by atomic mass is 10.3. The SMILES string of the molecule is Nc1cc(=O)n(-c2ccc(Cl)cc2)nc1Cl. The third-order valence-electron chi connectivity index (χ3n) is 1.98. The number of halogens is 2. The highest BCUT2D eigenvalue weighted by molar-refractivity contribution is 6.31. The zero-order chi connectivity index (χ0) is 11.7. The molecule has 0 spiro atoms. The smallest absolute Gasteiger partial charge is 0.273 e. The molecule has 1 aromatic heterocycles. The number of hydrogen-bond acceptors (Lipinski definition) is 3. The van der Waals surface area contributed by atoms with Crippen molar-refractivity contribution >= 4 is 28.9 Å². The van der Waals surface area contributed by atoms with Crippen LogP contribution in [0.25, 0.3) is 5.69 Å². The van der Waals surface area contributed by atoms with Crippen molar-refractivity contribution in [3.63, 3.8) is 0 Å². The largest absolute Gasteiger partial charge is 0.396 e. The minimum atomic E-state index is -0.343. The van der Waals surface area contributed by atoms with Crippen molar-refractivity contribution in [1.82, 2.24) is 9.78 Å². The molecule has 2 N–H and O–H groups in total. The molecule has 4 nitrogen and oxygen atoms in total. The van der Waals surface area contributed by atoms with Crippen LogP contribution in [0.3, 0.4) is 0 Å². The first kappa shape index (κ1) is 11.0. The predicted octanol–water partition coefficient (Wildman–Crippen LogP) is 2.12. The van der Waals surface area contributed by atoms with Crippen molar-refractivity contribution in [3.05, 3.63) is 50.9 Å². The number of hydrogen-bond donors (Lipinski definition) is 1. The Morgan fingerprint density at radius 2 is 1.81 bits per heavy atom. The van der Waals surface area contributed by atoms with Gasteiger partial charge in [0.2, 0.25) is 0 Å². The lowest BCUT2D eigenvalue weighted by Gasteiger charge is -2.05. The summed E-state index contributed by atoms with van der Waals surface area (Å²) in [5, 5.41) is 4.55. The normalized spacial score (nSPS) is 10.4. The van der Waals surface area contributed by atoms with E-state index in [1.165, 1.54) is 6.07 Å². The molecular weight excluding hydrogens is 249 g/mol. The predicted molar refractivity (Wildman–Crippen MR) is 64.3 cm³/mol. The third kappa shape index (κ3) is 2.03. The Balaban J connectivity index is 2.60. The second-order valence-corrected chi connectivity index (χ2v) is 3.91. The van der Waals surface area contributed by atoms with Crippen LogP contribution < -0.4 is 11.3 Å². The van der Waals surface area contributed by atoms with Gasteiger partial charge in [-0.2, -0.15) is 9.78 Å².